The summed E-state index contributed by atoms with van der Waals surface area (Å²) in [6.07, 6.45) is 1.13. The van der Waals surface area contributed by atoms with E-state index in [9.17, 15) is 9.59 Å². The summed E-state index contributed by atoms with van der Waals surface area (Å²) >= 11 is 0. The molecule has 152 valence electrons. The van der Waals surface area contributed by atoms with Gasteiger partial charge in [-0.05, 0) is 67.4 Å². The molecule has 29 heavy (non-hydrogen) atoms. The lowest BCUT2D eigenvalue weighted by Crippen LogP contribution is -2.46. The number of fused-ring (bicyclic) bond motifs is 1. The van der Waals surface area contributed by atoms with Crippen molar-refractivity contribution in [2.45, 2.75) is 26.7 Å². The summed E-state index contributed by atoms with van der Waals surface area (Å²) in [7, 11) is 0. The van der Waals surface area contributed by atoms with Crippen molar-refractivity contribution < 1.29 is 9.59 Å². The number of rotatable bonds is 4. The fraction of sp³-hybridized carbons (Fsp3) is 0.391. The van der Waals surface area contributed by atoms with Crippen LogP contribution >= 0.6 is 0 Å². The average Bonchev–Trinajstić information content (AvgIpc) is 2.74. The molecule has 1 fully saturated rings. The van der Waals surface area contributed by atoms with Gasteiger partial charge in [0, 0.05) is 55.2 Å². The molecule has 2 aliphatic heterocycles. The summed E-state index contributed by atoms with van der Waals surface area (Å²) in [5, 5.41) is 5.89. The zero-order chi connectivity index (χ0) is 20.4. The van der Waals surface area contributed by atoms with E-state index in [0.717, 1.165) is 55.2 Å². The van der Waals surface area contributed by atoms with E-state index in [2.05, 4.69) is 39.5 Å². The van der Waals surface area contributed by atoms with Gasteiger partial charge in [-0.3, -0.25) is 9.59 Å². The molecule has 0 unspecified atom stereocenters. The van der Waals surface area contributed by atoms with Crippen molar-refractivity contribution in [1.29, 1.82) is 0 Å². The van der Waals surface area contributed by atoms with Gasteiger partial charge in [0.2, 0.25) is 5.91 Å². The van der Waals surface area contributed by atoms with Gasteiger partial charge in [-0.2, -0.15) is 0 Å². The van der Waals surface area contributed by atoms with Gasteiger partial charge in [0.1, 0.15) is 0 Å². The highest BCUT2D eigenvalue weighted by molar-refractivity contribution is 6.05. The number of hydrogen-bond donors (Lipinski definition) is 2. The second-order valence-electron chi connectivity index (χ2n) is 7.79. The Labute approximate surface area is 171 Å². The molecule has 2 aromatic rings. The monoisotopic (exact) mass is 392 g/mol. The van der Waals surface area contributed by atoms with E-state index in [1.54, 1.807) is 6.07 Å². The summed E-state index contributed by atoms with van der Waals surface area (Å²) in [5.41, 5.74) is 5.52. The van der Waals surface area contributed by atoms with Crippen LogP contribution in [-0.2, 0) is 11.2 Å². The van der Waals surface area contributed by atoms with Crippen molar-refractivity contribution >= 4 is 28.9 Å². The standard InChI is InChI=1S/C23H28N4O2/c1-3-26-10-12-27(13-11-26)19-6-8-20(16(2)14-19)25-23(29)18-4-7-21-17(15-18)5-9-22(28)24-21/h4,6-8,14-15H,3,5,9-13H2,1-2H3,(H,24,28)(H,25,29). The van der Waals surface area contributed by atoms with Crippen molar-refractivity contribution in [3.63, 3.8) is 0 Å². The first kappa shape index (κ1) is 19.5. The van der Waals surface area contributed by atoms with Crippen LogP contribution in [0.2, 0.25) is 0 Å². The van der Waals surface area contributed by atoms with Gasteiger partial charge in [-0.15, -0.1) is 0 Å². The number of nitrogens with one attached hydrogen (secondary N) is 2. The zero-order valence-electron chi connectivity index (χ0n) is 17.1. The molecule has 6 heteroatoms. The van der Waals surface area contributed by atoms with Crippen molar-refractivity contribution in [3.8, 4) is 0 Å². The maximum absolute atomic E-state index is 12.8. The SMILES string of the molecule is CCN1CCN(c2ccc(NC(=O)c3ccc4c(c3)CCC(=O)N4)c(C)c2)CC1. The predicted molar refractivity (Wildman–Crippen MR) is 117 cm³/mol. The Kier molecular flexibility index (Phi) is 5.53. The summed E-state index contributed by atoms with van der Waals surface area (Å²) < 4.78 is 0. The van der Waals surface area contributed by atoms with Gasteiger partial charge in [-0.25, -0.2) is 0 Å². The van der Waals surface area contributed by atoms with Crippen LogP contribution in [0.25, 0.3) is 0 Å². The lowest BCUT2D eigenvalue weighted by Gasteiger charge is -2.35. The first-order valence-corrected chi connectivity index (χ1v) is 10.4. The number of aryl methyl sites for hydroxylation is 2. The molecule has 2 amide bonds. The minimum atomic E-state index is -0.128. The number of anilines is 3. The molecule has 0 aliphatic carbocycles. The lowest BCUT2D eigenvalue weighted by molar-refractivity contribution is -0.116. The van der Waals surface area contributed by atoms with E-state index in [0.29, 0.717) is 18.4 Å². The maximum atomic E-state index is 12.8. The van der Waals surface area contributed by atoms with E-state index >= 15 is 0 Å². The van der Waals surface area contributed by atoms with Crippen molar-refractivity contribution in [1.82, 2.24) is 4.90 Å². The molecule has 0 bridgehead atoms. The lowest BCUT2D eigenvalue weighted by atomic mass is 10.00. The van der Waals surface area contributed by atoms with Crippen molar-refractivity contribution in [2.75, 3.05) is 48.3 Å². The Morgan fingerprint density at radius 1 is 1.07 bits per heavy atom. The van der Waals surface area contributed by atoms with E-state index < -0.39 is 0 Å². The number of carbonyl (C=O) groups excluding carboxylic acids is 2. The second kappa shape index (κ2) is 8.25. The third-order valence-corrected chi connectivity index (χ3v) is 5.91. The molecule has 1 saturated heterocycles. The highest BCUT2D eigenvalue weighted by Crippen LogP contribution is 2.26. The van der Waals surface area contributed by atoms with Crippen LogP contribution in [0.3, 0.4) is 0 Å². The van der Waals surface area contributed by atoms with Gasteiger partial charge < -0.3 is 20.4 Å². The Morgan fingerprint density at radius 3 is 2.59 bits per heavy atom. The minimum Gasteiger partial charge on any atom is -0.369 e. The van der Waals surface area contributed by atoms with Crippen LogP contribution in [0.4, 0.5) is 17.1 Å². The van der Waals surface area contributed by atoms with Gasteiger partial charge in [-0.1, -0.05) is 6.92 Å². The van der Waals surface area contributed by atoms with E-state index in [4.69, 9.17) is 0 Å². The van der Waals surface area contributed by atoms with Gasteiger partial charge in [0.25, 0.3) is 5.91 Å². The van der Waals surface area contributed by atoms with E-state index in [1.807, 2.05) is 25.1 Å². The number of hydrogen-bond acceptors (Lipinski definition) is 4. The maximum Gasteiger partial charge on any atom is 0.255 e. The number of carbonyl (C=O) groups is 2. The molecule has 0 saturated carbocycles. The number of likely N-dealkylation sites (N-methyl/N-ethyl adjacent to an activating group) is 1. The molecular formula is C23H28N4O2. The van der Waals surface area contributed by atoms with Crippen LogP contribution in [0.1, 0.15) is 34.8 Å². The molecule has 0 radical (unpaired) electrons. The molecule has 6 nitrogen and oxygen atoms in total. The smallest absolute Gasteiger partial charge is 0.255 e. The molecular weight excluding hydrogens is 364 g/mol. The van der Waals surface area contributed by atoms with Crippen LogP contribution in [0.5, 0.6) is 0 Å². The third-order valence-electron chi connectivity index (χ3n) is 5.91. The molecule has 2 N–H and O–H groups in total. The normalized spacial score (nSPS) is 16.9. The fourth-order valence-electron chi connectivity index (χ4n) is 4.03. The Morgan fingerprint density at radius 2 is 1.86 bits per heavy atom. The average molecular weight is 393 g/mol. The summed E-state index contributed by atoms with van der Waals surface area (Å²) in [5.74, 6) is -0.0985. The number of piperazine rings is 1. The zero-order valence-corrected chi connectivity index (χ0v) is 17.1. The topological polar surface area (TPSA) is 64.7 Å². The first-order valence-electron chi connectivity index (χ1n) is 10.4. The molecule has 2 aliphatic rings. The molecule has 4 rings (SSSR count). The summed E-state index contributed by atoms with van der Waals surface area (Å²) in [4.78, 5) is 29.1. The van der Waals surface area contributed by atoms with Gasteiger partial charge in [0.15, 0.2) is 0 Å². The molecule has 2 heterocycles. The van der Waals surface area contributed by atoms with Crippen LogP contribution < -0.4 is 15.5 Å². The Bertz CT molecular complexity index is 932. The van der Waals surface area contributed by atoms with Crippen LogP contribution in [0, 0.1) is 6.92 Å². The molecule has 2 aromatic carbocycles. The quantitative estimate of drug-likeness (QED) is 0.838. The molecule has 0 spiro atoms. The predicted octanol–water partition coefficient (Wildman–Crippen LogP) is 3.27. The van der Waals surface area contributed by atoms with E-state index in [-0.39, 0.29) is 11.8 Å². The largest absolute Gasteiger partial charge is 0.369 e. The van der Waals surface area contributed by atoms with Crippen molar-refractivity contribution in [2.24, 2.45) is 0 Å². The van der Waals surface area contributed by atoms with Gasteiger partial charge >= 0.3 is 0 Å². The Hall–Kier alpha value is -2.86. The molecule has 0 aromatic heterocycles. The fourth-order valence-corrected chi connectivity index (χ4v) is 4.03. The van der Waals surface area contributed by atoms with E-state index in [1.165, 1.54) is 5.69 Å². The number of benzene rings is 2. The van der Waals surface area contributed by atoms with Crippen LogP contribution in [-0.4, -0.2) is 49.4 Å². The minimum absolute atomic E-state index is 0.0292. The Balaban J connectivity index is 1.44. The highest BCUT2D eigenvalue weighted by atomic mass is 16.2. The van der Waals surface area contributed by atoms with Crippen LogP contribution in [0.15, 0.2) is 36.4 Å². The summed E-state index contributed by atoms with van der Waals surface area (Å²) in [6, 6.07) is 11.7. The summed E-state index contributed by atoms with van der Waals surface area (Å²) in [6.45, 7) is 9.58. The third kappa shape index (κ3) is 4.27. The molecule has 0 atom stereocenters. The number of amides is 2. The number of nitrogens with zero attached hydrogens (tertiary/aromatic N) is 2. The van der Waals surface area contributed by atoms with Crippen molar-refractivity contribution in [3.05, 3.63) is 53.1 Å². The first-order chi connectivity index (χ1) is 14.0. The van der Waals surface area contributed by atoms with Gasteiger partial charge in [0.05, 0.1) is 0 Å². The second-order valence-corrected chi connectivity index (χ2v) is 7.79. The highest BCUT2D eigenvalue weighted by Gasteiger charge is 2.18.